The Kier molecular flexibility index (Phi) is 3.99. The second kappa shape index (κ2) is 5.69. The number of pyridine rings is 1. The van der Waals surface area contributed by atoms with Gasteiger partial charge in [-0.15, -0.1) is 11.6 Å². The maximum absolute atomic E-state index is 12.7. The van der Waals surface area contributed by atoms with E-state index in [0.717, 1.165) is 5.56 Å². The highest BCUT2D eigenvalue weighted by Gasteiger charge is 2.02. The maximum atomic E-state index is 12.7. The summed E-state index contributed by atoms with van der Waals surface area (Å²) in [5.41, 5.74) is 1.19. The van der Waals surface area contributed by atoms with Crippen LogP contribution in [0.2, 0.25) is 0 Å². The highest BCUT2D eigenvalue weighted by atomic mass is 35.5. The second-order valence-corrected chi connectivity index (χ2v) is 4.00. The van der Waals surface area contributed by atoms with Crippen LogP contribution in [0.3, 0.4) is 0 Å². The van der Waals surface area contributed by atoms with E-state index < -0.39 is 0 Å². The first-order chi connectivity index (χ1) is 8.69. The van der Waals surface area contributed by atoms with E-state index in [1.807, 2.05) is 0 Å². The number of rotatable bonds is 4. The van der Waals surface area contributed by atoms with Gasteiger partial charge in [-0.3, -0.25) is 4.79 Å². The number of ether oxygens (including phenoxy) is 1. The largest absolute Gasteiger partial charge is 0.483 e. The Morgan fingerprint density at radius 1 is 1.28 bits per heavy atom. The average molecular weight is 268 g/mol. The maximum Gasteiger partial charge on any atom is 0.223 e. The van der Waals surface area contributed by atoms with Crippen molar-refractivity contribution in [3.63, 3.8) is 0 Å². The fourth-order valence-electron chi connectivity index (χ4n) is 1.43. The zero-order valence-electron chi connectivity index (χ0n) is 9.45. The minimum absolute atomic E-state index is 0.212. The lowest BCUT2D eigenvalue weighted by molar-refractivity contribution is 0.302. The number of nitrogens with one attached hydrogen (secondary N) is 1. The topological polar surface area (TPSA) is 42.1 Å². The Labute approximate surface area is 108 Å². The molecule has 0 aliphatic rings. The van der Waals surface area contributed by atoms with Gasteiger partial charge in [-0.2, -0.15) is 0 Å². The highest BCUT2D eigenvalue weighted by molar-refractivity contribution is 6.16. The number of H-pyrrole nitrogens is 1. The predicted octanol–water partition coefficient (Wildman–Crippen LogP) is 2.83. The summed E-state index contributed by atoms with van der Waals surface area (Å²) in [6, 6.07) is 7.30. The molecule has 18 heavy (non-hydrogen) atoms. The molecule has 1 aromatic heterocycles. The quantitative estimate of drug-likeness (QED) is 0.866. The van der Waals surface area contributed by atoms with Crippen LogP contribution in [-0.2, 0) is 12.5 Å². The van der Waals surface area contributed by atoms with Gasteiger partial charge in [0.2, 0.25) is 5.43 Å². The van der Waals surface area contributed by atoms with Crippen molar-refractivity contribution in [2.75, 3.05) is 0 Å². The third-order valence-corrected chi connectivity index (χ3v) is 2.68. The molecule has 0 saturated heterocycles. The van der Waals surface area contributed by atoms with Gasteiger partial charge in [-0.05, 0) is 17.7 Å². The summed E-state index contributed by atoms with van der Waals surface area (Å²) in [5.74, 6) is 0.157. The van der Waals surface area contributed by atoms with E-state index in [-0.39, 0.29) is 29.5 Å². The smallest absolute Gasteiger partial charge is 0.223 e. The van der Waals surface area contributed by atoms with Gasteiger partial charge in [-0.25, -0.2) is 4.39 Å². The molecule has 0 spiro atoms. The van der Waals surface area contributed by atoms with Crippen molar-refractivity contribution in [2.45, 2.75) is 12.5 Å². The first-order valence-electron chi connectivity index (χ1n) is 5.34. The molecule has 1 heterocycles. The first-order valence-corrected chi connectivity index (χ1v) is 5.87. The van der Waals surface area contributed by atoms with Crippen LogP contribution >= 0.6 is 11.6 Å². The lowest BCUT2D eigenvalue weighted by atomic mass is 10.2. The third-order valence-electron chi connectivity index (χ3n) is 2.39. The van der Waals surface area contributed by atoms with Gasteiger partial charge in [0.15, 0.2) is 5.75 Å². The lowest BCUT2D eigenvalue weighted by Crippen LogP contribution is -2.09. The van der Waals surface area contributed by atoms with E-state index in [1.165, 1.54) is 24.4 Å². The summed E-state index contributed by atoms with van der Waals surface area (Å²) in [6.45, 7) is 0.212. The van der Waals surface area contributed by atoms with Crippen LogP contribution in [0.1, 0.15) is 11.3 Å². The van der Waals surface area contributed by atoms with Gasteiger partial charge >= 0.3 is 0 Å². The van der Waals surface area contributed by atoms with Gasteiger partial charge in [0.1, 0.15) is 12.4 Å². The Hall–Kier alpha value is -1.81. The van der Waals surface area contributed by atoms with Crippen LogP contribution in [0.15, 0.2) is 41.3 Å². The highest BCUT2D eigenvalue weighted by Crippen LogP contribution is 2.08. The zero-order chi connectivity index (χ0) is 13.0. The Balaban J connectivity index is 2.06. The number of aromatic nitrogens is 1. The Bertz CT molecular complexity index is 580. The number of hydrogen-bond acceptors (Lipinski definition) is 2. The van der Waals surface area contributed by atoms with E-state index >= 15 is 0 Å². The van der Waals surface area contributed by atoms with Crippen molar-refractivity contribution in [1.29, 1.82) is 0 Å². The molecule has 0 saturated carbocycles. The molecule has 0 fully saturated rings. The monoisotopic (exact) mass is 267 g/mol. The lowest BCUT2D eigenvalue weighted by Gasteiger charge is -2.06. The number of alkyl halides is 1. The van der Waals surface area contributed by atoms with Crippen molar-refractivity contribution in [2.24, 2.45) is 0 Å². The van der Waals surface area contributed by atoms with E-state index in [9.17, 15) is 9.18 Å². The van der Waals surface area contributed by atoms with Crippen molar-refractivity contribution in [3.05, 3.63) is 63.8 Å². The summed E-state index contributed by atoms with van der Waals surface area (Å²) in [7, 11) is 0. The first kappa shape index (κ1) is 12.6. The SMILES string of the molecule is O=c1cc(CCl)[nH]cc1OCc1ccc(F)cc1. The van der Waals surface area contributed by atoms with E-state index in [1.54, 1.807) is 12.1 Å². The molecule has 0 aliphatic heterocycles. The van der Waals surface area contributed by atoms with Gasteiger partial charge in [0.25, 0.3) is 0 Å². The standard InChI is InChI=1S/C13H11ClFNO2/c14-6-11-5-12(17)13(7-16-11)18-8-9-1-3-10(15)4-2-9/h1-5,7H,6,8H2,(H,16,17). The fourth-order valence-corrected chi connectivity index (χ4v) is 1.59. The van der Waals surface area contributed by atoms with Crippen molar-refractivity contribution < 1.29 is 9.13 Å². The summed E-state index contributed by atoms with van der Waals surface area (Å²) < 4.78 is 18.0. The number of hydrogen-bond donors (Lipinski definition) is 1. The number of aromatic amines is 1. The van der Waals surface area contributed by atoms with Gasteiger partial charge in [0.05, 0.1) is 5.88 Å². The van der Waals surface area contributed by atoms with Crippen LogP contribution in [-0.4, -0.2) is 4.98 Å². The summed E-state index contributed by atoms with van der Waals surface area (Å²) in [4.78, 5) is 14.5. The molecular weight excluding hydrogens is 257 g/mol. The molecule has 2 rings (SSSR count). The molecule has 0 aliphatic carbocycles. The molecular formula is C13H11ClFNO2. The molecule has 0 bridgehead atoms. The van der Waals surface area contributed by atoms with Gasteiger partial charge in [-0.1, -0.05) is 12.1 Å². The van der Waals surface area contributed by atoms with E-state index in [4.69, 9.17) is 16.3 Å². The Morgan fingerprint density at radius 3 is 2.61 bits per heavy atom. The second-order valence-electron chi connectivity index (χ2n) is 3.74. The molecule has 1 N–H and O–H groups in total. The van der Waals surface area contributed by atoms with Crippen LogP contribution in [0.25, 0.3) is 0 Å². The normalized spacial score (nSPS) is 10.3. The molecule has 0 amide bonds. The van der Waals surface area contributed by atoms with Gasteiger partial charge < -0.3 is 9.72 Å². The minimum atomic E-state index is -0.303. The molecule has 1 aromatic carbocycles. The summed E-state index contributed by atoms with van der Waals surface area (Å²) in [5, 5.41) is 0. The van der Waals surface area contributed by atoms with E-state index in [2.05, 4.69) is 4.98 Å². The summed E-state index contributed by atoms with van der Waals surface area (Å²) >= 11 is 5.59. The number of benzene rings is 1. The Morgan fingerprint density at radius 2 is 2.00 bits per heavy atom. The van der Waals surface area contributed by atoms with Crippen molar-refractivity contribution in [1.82, 2.24) is 4.98 Å². The molecule has 3 nitrogen and oxygen atoms in total. The fraction of sp³-hybridized carbons (Fsp3) is 0.154. The van der Waals surface area contributed by atoms with Crippen LogP contribution in [0, 0.1) is 5.82 Å². The van der Waals surface area contributed by atoms with Gasteiger partial charge in [0, 0.05) is 18.0 Å². The predicted molar refractivity (Wildman–Crippen MR) is 67.4 cm³/mol. The average Bonchev–Trinajstić information content (AvgIpc) is 2.39. The zero-order valence-corrected chi connectivity index (χ0v) is 10.2. The molecule has 5 heteroatoms. The summed E-state index contributed by atoms with van der Waals surface area (Å²) in [6.07, 6.45) is 1.48. The molecule has 0 atom stereocenters. The van der Waals surface area contributed by atoms with Crippen molar-refractivity contribution >= 4 is 11.6 Å². The molecule has 94 valence electrons. The molecule has 0 radical (unpaired) electrons. The minimum Gasteiger partial charge on any atom is -0.483 e. The molecule has 2 aromatic rings. The van der Waals surface area contributed by atoms with E-state index in [0.29, 0.717) is 5.69 Å². The third kappa shape index (κ3) is 3.11. The molecule has 0 unspecified atom stereocenters. The number of halogens is 2. The van der Waals surface area contributed by atoms with Crippen LogP contribution in [0.5, 0.6) is 5.75 Å². The van der Waals surface area contributed by atoms with Crippen molar-refractivity contribution in [3.8, 4) is 5.75 Å². The van der Waals surface area contributed by atoms with Crippen LogP contribution < -0.4 is 10.2 Å². The van der Waals surface area contributed by atoms with Crippen LogP contribution in [0.4, 0.5) is 4.39 Å².